The maximum absolute atomic E-state index is 6.25. The van der Waals surface area contributed by atoms with Gasteiger partial charge in [0.15, 0.2) is 0 Å². The molecule has 1 unspecified atom stereocenters. The van der Waals surface area contributed by atoms with Gasteiger partial charge in [-0.05, 0) is 32.5 Å². The topological polar surface area (TPSA) is 34.6 Å². The first-order valence-corrected chi connectivity index (χ1v) is 9.63. The highest BCUT2D eigenvalue weighted by molar-refractivity contribution is 5.85. The quantitative estimate of drug-likeness (QED) is 0.596. The van der Waals surface area contributed by atoms with Crippen molar-refractivity contribution in [1.82, 2.24) is 9.88 Å². The Morgan fingerprint density at radius 1 is 1.07 bits per heavy atom. The number of hydrogen-bond acceptors (Lipinski definition) is 4. The molecular weight excluding hydrogens is 395 g/mol. The van der Waals surface area contributed by atoms with Crippen molar-refractivity contribution >= 4 is 24.8 Å². The van der Waals surface area contributed by atoms with E-state index in [-0.39, 0.29) is 24.8 Å². The van der Waals surface area contributed by atoms with Gasteiger partial charge in [0.2, 0.25) is 0 Å². The van der Waals surface area contributed by atoms with Crippen LogP contribution in [0.15, 0.2) is 30.3 Å². The molecule has 0 spiro atoms. The molecule has 6 heteroatoms. The third-order valence-corrected chi connectivity index (χ3v) is 5.23. The summed E-state index contributed by atoms with van der Waals surface area (Å²) in [7, 11) is 0. The second-order valence-corrected chi connectivity index (χ2v) is 6.97. The van der Waals surface area contributed by atoms with E-state index in [0.29, 0.717) is 25.9 Å². The van der Waals surface area contributed by atoms with Crippen LogP contribution in [0.25, 0.3) is 0 Å². The number of pyridine rings is 1. The molecule has 2 heterocycles. The molecule has 28 heavy (non-hydrogen) atoms. The smallest absolute Gasteiger partial charge is 0.146 e. The van der Waals surface area contributed by atoms with Gasteiger partial charge in [0.25, 0.3) is 0 Å². The highest BCUT2D eigenvalue weighted by Gasteiger charge is 2.24. The molecule has 2 aromatic rings. The van der Waals surface area contributed by atoms with E-state index in [1.807, 2.05) is 13.0 Å². The van der Waals surface area contributed by atoms with Crippen molar-refractivity contribution in [3.63, 3.8) is 0 Å². The number of benzene rings is 1. The standard InChI is InChI=1S/C22H30N2O2.2ClH/c1-5-24(6-2)16(3)13-26-22-17(4)23-21(19-14-25-15-20(19)22)12-18-10-8-7-9-11-18;;/h7-11,16H,5-6,12-15H2,1-4H3;2*1H. The first-order valence-electron chi connectivity index (χ1n) is 9.63. The SMILES string of the molecule is CCN(CC)C(C)COc1c(C)nc(Cc2ccccc2)c2c1COC2.Cl.Cl. The molecule has 0 aliphatic carbocycles. The Morgan fingerprint density at radius 2 is 1.71 bits per heavy atom. The molecule has 1 aliphatic heterocycles. The summed E-state index contributed by atoms with van der Waals surface area (Å²) in [6.45, 7) is 12.6. The van der Waals surface area contributed by atoms with Gasteiger partial charge in [-0.15, -0.1) is 24.8 Å². The summed E-state index contributed by atoms with van der Waals surface area (Å²) in [5.74, 6) is 0.924. The van der Waals surface area contributed by atoms with Gasteiger partial charge in [-0.1, -0.05) is 44.2 Å². The highest BCUT2D eigenvalue weighted by atomic mass is 35.5. The fourth-order valence-electron chi connectivity index (χ4n) is 3.71. The fourth-order valence-corrected chi connectivity index (χ4v) is 3.71. The number of rotatable bonds is 8. The van der Waals surface area contributed by atoms with Crippen molar-refractivity contribution in [2.24, 2.45) is 0 Å². The Kier molecular flexibility index (Phi) is 10.3. The van der Waals surface area contributed by atoms with Gasteiger partial charge in [-0.2, -0.15) is 0 Å². The molecule has 1 aliphatic rings. The minimum atomic E-state index is 0. The average Bonchev–Trinajstić information content (AvgIpc) is 3.13. The third kappa shape index (κ3) is 5.60. The number of hydrogen-bond donors (Lipinski definition) is 0. The minimum absolute atomic E-state index is 0. The first-order chi connectivity index (χ1) is 12.6. The van der Waals surface area contributed by atoms with Crippen LogP contribution >= 0.6 is 24.8 Å². The molecule has 0 fully saturated rings. The molecule has 0 saturated heterocycles. The van der Waals surface area contributed by atoms with Crippen LogP contribution in [0.1, 0.15) is 48.8 Å². The molecule has 0 bridgehead atoms. The third-order valence-electron chi connectivity index (χ3n) is 5.23. The zero-order valence-corrected chi connectivity index (χ0v) is 18.9. The number of aryl methyl sites for hydroxylation is 1. The van der Waals surface area contributed by atoms with Crippen molar-refractivity contribution < 1.29 is 9.47 Å². The fraction of sp³-hybridized carbons (Fsp3) is 0.500. The predicted octanol–water partition coefficient (Wildman–Crippen LogP) is 4.96. The largest absolute Gasteiger partial charge is 0.490 e. The van der Waals surface area contributed by atoms with Crippen molar-refractivity contribution in [2.45, 2.75) is 53.4 Å². The summed E-state index contributed by atoms with van der Waals surface area (Å²) in [6, 6.07) is 10.9. The number of likely N-dealkylation sites (N-methyl/N-ethyl adjacent to an activating group) is 1. The lowest BCUT2D eigenvalue weighted by Gasteiger charge is -2.27. The molecule has 1 aromatic carbocycles. The number of halogens is 2. The van der Waals surface area contributed by atoms with E-state index >= 15 is 0 Å². The molecule has 0 amide bonds. The number of fused-ring (bicyclic) bond motifs is 1. The monoisotopic (exact) mass is 426 g/mol. The Bertz CT molecular complexity index is 737. The van der Waals surface area contributed by atoms with Crippen molar-refractivity contribution in [2.75, 3.05) is 19.7 Å². The molecule has 4 nitrogen and oxygen atoms in total. The van der Waals surface area contributed by atoms with Crippen LogP contribution in [-0.2, 0) is 24.4 Å². The lowest BCUT2D eigenvalue weighted by Crippen LogP contribution is -2.37. The van der Waals surface area contributed by atoms with E-state index < -0.39 is 0 Å². The van der Waals surface area contributed by atoms with Crippen LogP contribution in [0.4, 0.5) is 0 Å². The molecular formula is C22H32Cl2N2O2. The number of aromatic nitrogens is 1. The Hall–Kier alpha value is -1.33. The van der Waals surface area contributed by atoms with Crippen LogP contribution in [0.3, 0.4) is 0 Å². The number of nitrogens with zero attached hydrogens (tertiary/aromatic N) is 2. The van der Waals surface area contributed by atoms with E-state index in [1.165, 1.54) is 16.7 Å². The van der Waals surface area contributed by atoms with Crippen molar-refractivity contribution in [1.29, 1.82) is 0 Å². The van der Waals surface area contributed by atoms with Crippen LogP contribution < -0.4 is 4.74 Å². The molecule has 1 aromatic heterocycles. The summed E-state index contributed by atoms with van der Waals surface area (Å²) < 4.78 is 12.0. The van der Waals surface area contributed by atoms with Gasteiger partial charge in [0, 0.05) is 23.6 Å². The first kappa shape index (κ1) is 24.7. The number of ether oxygens (including phenoxy) is 2. The van der Waals surface area contributed by atoms with Gasteiger partial charge in [-0.3, -0.25) is 9.88 Å². The molecule has 0 N–H and O–H groups in total. The second-order valence-electron chi connectivity index (χ2n) is 6.97. The van der Waals surface area contributed by atoms with Crippen LogP contribution in [0.5, 0.6) is 5.75 Å². The van der Waals surface area contributed by atoms with E-state index in [1.54, 1.807) is 0 Å². The van der Waals surface area contributed by atoms with Gasteiger partial charge in [-0.25, -0.2) is 0 Å². The lowest BCUT2D eigenvalue weighted by atomic mass is 10.0. The van der Waals surface area contributed by atoms with Crippen molar-refractivity contribution in [3.05, 3.63) is 58.4 Å². The summed E-state index contributed by atoms with van der Waals surface area (Å²) in [5, 5.41) is 0. The maximum Gasteiger partial charge on any atom is 0.146 e. The molecule has 0 saturated carbocycles. The molecule has 0 radical (unpaired) electrons. The van der Waals surface area contributed by atoms with Gasteiger partial charge in [0.05, 0.1) is 24.6 Å². The predicted molar refractivity (Wildman–Crippen MR) is 119 cm³/mol. The maximum atomic E-state index is 6.25. The van der Waals surface area contributed by atoms with E-state index in [0.717, 1.165) is 36.6 Å². The van der Waals surface area contributed by atoms with Crippen LogP contribution in [-0.4, -0.2) is 35.6 Å². The summed E-state index contributed by atoms with van der Waals surface area (Å²) in [5.41, 5.74) is 5.76. The molecule has 1 atom stereocenters. The van der Waals surface area contributed by atoms with Gasteiger partial charge < -0.3 is 9.47 Å². The van der Waals surface area contributed by atoms with E-state index in [9.17, 15) is 0 Å². The van der Waals surface area contributed by atoms with Crippen LogP contribution in [0, 0.1) is 6.92 Å². The van der Waals surface area contributed by atoms with E-state index in [2.05, 4.69) is 49.9 Å². The average molecular weight is 427 g/mol. The van der Waals surface area contributed by atoms with Gasteiger partial charge >= 0.3 is 0 Å². The zero-order chi connectivity index (χ0) is 18.5. The zero-order valence-electron chi connectivity index (χ0n) is 17.2. The summed E-state index contributed by atoms with van der Waals surface area (Å²) >= 11 is 0. The lowest BCUT2D eigenvalue weighted by molar-refractivity contribution is 0.129. The summed E-state index contributed by atoms with van der Waals surface area (Å²) in [4.78, 5) is 7.29. The molecule has 3 rings (SSSR count). The Balaban J connectivity index is 0.00000196. The Labute approximate surface area is 181 Å². The van der Waals surface area contributed by atoms with E-state index in [4.69, 9.17) is 14.5 Å². The second kappa shape index (κ2) is 11.6. The normalized spacial score (nSPS) is 13.5. The highest BCUT2D eigenvalue weighted by Crippen LogP contribution is 2.34. The van der Waals surface area contributed by atoms with Crippen LogP contribution in [0.2, 0.25) is 0 Å². The minimum Gasteiger partial charge on any atom is -0.490 e. The van der Waals surface area contributed by atoms with Gasteiger partial charge in [0.1, 0.15) is 12.4 Å². The van der Waals surface area contributed by atoms with Crippen molar-refractivity contribution in [3.8, 4) is 5.75 Å². The Morgan fingerprint density at radius 3 is 2.36 bits per heavy atom. The molecule has 156 valence electrons. The summed E-state index contributed by atoms with van der Waals surface area (Å²) in [6.07, 6.45) is 0.837.